The molecule has 2 aromatic carbocycles. The summed E-state index contributed by atoms with van der Waals surface area (Å²) >= 11 is 0. The molecule has 1 aliphatic rings. The fourth-order valence-electron chi connectivity index (χ4n) is 3.51. The van der Waals surface area contributed by atoms with Crippen LogP contribution in [-0.2, 0) is 24.4 Å². The molecule has 1 aromatic heterocycles. The number of ether oxygens (including phenoxy) is 1. The molecule has 1 amide bonds. The van der Waals surface area contributed by atoms with E-state index in [1.807, 2.05) is 24.3 Å². The molecule has 0 saturated heterocycles. The highest BCUT2D eigenvalue weighted by Crippen LogP contribution is 2.32. The predicted molar refractivity (Wildman–Crippen MR) is 113 cm³/mol. The number of carbonyl (C=O) groups is 1. The molecule has 0 radical (unpaired) electrons. The first-order chi connectivity index (χ1) is 14.7. The number of furan rings is 1. The zero-order chi connectivity index (χ0) is 20.9. The van der Waals surface area contributed by atoms with Crippen molar-refractivity contribution in [3.8, 4) is 11.8 Å². The number of rotatable bonds is 6. The van der Waals surface area contributed by atoms with Crippen molar-refractivity contribution >= 4 is 17.7 Å². The van der Waals surface area contributed by atoms with Crippen molar-refractivity contribution in [1.82, 2.24) is 5.32 Å². The summed E-state index contributed by atoms with van der Waals surface area (Å²) in [6.07, 6.45) is 3.08. The number of fused-ring (bicyclic) bond motifs is 1. The fourth-order valence-corrected chi connectivity index (χ4v) is 3.51. The Hall–Kier alpha value is -3.98. The van der Waals surface area contributed by atoms with Crippen LogP contribution in [0.3, 0.4) is 0 Å². The molecule has 3 aromatic rings. The molecule has 1 aliphatic heterocycles. The number of nitriles is 1. The van der Waals surface area contributed by atoms with Crippen LogP contribution in [0.2, 0.25) is 0 Å². The third-order valence-corrected chi connectivity index (χ3v) is 5.09. The van der Waals surface area contributed by atoms with Gasteiger partial charge in [-0.15, -0.1) is 0 Å². The Balaban J connectivity index is 1.52. The fraction of sp³-hybridized carbons (Fsp3) is 0.167. The minimum atomic E-state index is -0.463. The lowest BCUT2D eigenvalue weighted by Crippen LogP contribution is -2.23. The van der Waals surface area contributed by atoms with Gasteiger partial charge in [0.25, 0.3) is 5.91 Å². The van der Waals surface area contributed by atoms with Crippen LogP contribution in [0.25, 0.3) is 6.08 Å². The van der Waals surface area contributed by atoms with Crippen molar-refractivity contribution in [3.63, 3.8) is 0 Å². The zero-order valence-corrected chi connectivity index (χ0v) is 16.6. The Morgan fingerprint density at radius 1 is 1.20 bits per heavy atom. The van der Waals surface area contributed by atoms with Crippen LogP contribution in [-0.4, -0.2) is 13.0 Å². The Kier molecular flexibility index (Phi) is 5.53. The summed E-state index contributed by atoms with van der Waals surface area (Å²) < 4.78 is 10.7. The lowest BCUT2D eigenvalue weighted by Gasteiger charge is -2.19. The Bertz CT molecular complexity index is 1100. The number of hydrogen-bond donors (Lipinski definition) is 1. The molecule has 4 rings (SSSR count). The summed E-state index contributed by atoms with van der Waals surface area (Å²) in [5, 5.41) is 12.1. The maximum absolute atomic E-state index is 12.4. The minimum absolute atomic E-state index is 0.00110. The van der Waals surface area contributed by atoms with Crippen molar-refractivity contribution in [2.24, 2.45) is 0 Å². The van der Waals surface area contributed by atoms with Crippen LogP contribution in [0, 0.1) is 11.3 Å². The van der Waals surface area contributed by atoms with Gasteiger partial charge < -0.3 is 19.4 Å². The van der Waals surface area contributed by atoms with Gasteiger partial charge in [-0.05, 0) is 41.5 Å². The van der Waals surface area contributed by atoms with Gasteiger partial charge in [0.05, 0.1) is 19.9 Å². The summed E-state index contributed by atoms with van der Waals surface area (Å²) in [7, 11) is 1.58. The van der Waals surface area contributed by atoms with Crippen molar-refractivity contribution in [1.29, 1.82) is 5.26 Å². The van der Waals surface area contributed by atoms with E-state index >= 15 is 0 Å². The molecule has 0 unspecified atom stereocenters. The molecule has 6 heteroatoms. The molecule has 0 aliphatic carbocycles. The van der Waals surface area contributed by atoms with E-state index in [4.69, 9.17) is 9.15 Å². The minimum Gasteiger partial charge on any atom is -0.496 e. The first-order valence-electron chi connectivity index (χ1n) is 9.60. The summed E-state index contributed by atoms with van der Waals surface area (Å²) in [5.74, 6) is 0.763. The van der Waals surface area contributed by atoms with Gasteiger partial charge in [0.1, 0.15) is 23.2 Å². The van der Waals surface area contributed by atoms with Crippen molar-refractivity contribution in [2.75, 3.05) is 12.0 Å². The van der Waals surface area contributed by atoms with Gasteiger partial charge in [-0.2, -0.15) is 5.26 Å². The van der Waals surface area contributed by atoms with E-state index in [1.165, 1.54) is 17.4 Å². The number of amides is 1. The second-order valence-corrected chi connectivity index (χ2v) is 6.98. The molecular formula is C24H21N3O3. The quantitative estimate of drug-likeness (QED) is 0.500. The molecule has 2 heterocycles. The maximum Gasteiger partial charge on any atom is 0.262 e. The summed E-state index contributed by atoms with van der Waals surface area (Å²) in [6.45, 7) is 1.90. The average molecular weight is 399 g/mol. The summed E-state index contributed by atoms with van der Waals surface area (Å²) in [5.41, 5.74) is 4.34. The molecule has 150 valence electrons. The molecule has 0 saturated carbocycles. The summed E-state index contributed by atoms with van der Waals surface area (Å²) in [6, 6.07) is 19.6. The van der Waals surface area contributed by atoms with Gasteiger partial charge in [0.15, 0.2) is 0 Å². The first kappa shape index (κ1) is 19.3. The number of nitrogens with zero attached hydrogens (tertiary/aromatic N) is 2. The molecule has 1 N–H and O–H groups in total. The summed E-state index contributed by atoms with van der Waals surface area (Å²) in [4.78, 5) is 14.6. The standard InChI is InChI=1S/C24H21N3O3/c1-29-23-12-21(27-15-18-5-2-3-6-19(18)16-27)9-8-17(23)11-20(13-25)24(28)26-14-22-7-4-10-30-22/h2-12H,14-16H2,1H3,(H,26,28)/b20-11-. The van der Waals surface area contributed by atoms with E-state index in [0.717, 1.165) is 18.8 Å². The first-order valence-corrected chi connectivity index (χ1v) is 9.60. The lowest BCUT2D eigenvalue weighted by molar-refractivity contribution is -0.117. The van der Waals surface area contributed by atoms with Gasteiger partial charge in [0.2, 0.25) is 0 Å². The van der Waals surface area contributed by atoms with Crippen LogP contribution >= 0.6 is 0 Å². The highest BCUT2D eigenvalue weighted by Gasteiger charge is 2.20. The Labute approximate surface area is 175 Å². The molecule has 0 spiro atoms. The number of anilines is 1. The molecule has 6 nitrogen and oxygen atoms in total. The van der Waals surface area contributed by atoms with Crippen molar-refractivity contribution in [2.45, 2.75) is 19.6 Å². The van der Waals surface area contributed by atoms with Crippen LogP contribution < -0.4 is 15.0 Å². The van der Waals surface area contributed by atoms with E-state index < -0.39 is 5.91 Å². The second-order valence-electron chi connectivity index (χ2n) is 6.98. The van der Waals surface area contributed by atoms with E-state index in [0.29, 0.717) is 17.1 Å². The number of benzene rings is 2. The largest absolute Gasteiger partial charge is 0.496 e. The molecule has 0 bridgehead atoms. The highest BCUT2D eigenvalue weighted by molar-refractivity contribution is 6.02. The SMILES string of the molecule is COc1cc(N2Cc3ccccc3C2)ccc1/C=C(/C#N)C(=O)NCc1ccco1. The number of nitrogens with one attached hydrogen (secondary N) is 1. The number of methoxy groups -OCH3 is 1. The predicted octanol–water partition coefficient (Wildman–Crippen LogP) is 4.03. The van der Waals surface area contributed by atoms with Crippen LogP contribution in [0.15, 0.2) is 70.9 Å². The van der Waals surface area contributed by atoms with E-state index in [9.17, 15) is 10.1 Å². The van der Waals surface area contributed by atoms with E-state index in [2.05, 4.69) is 34.5 Å². The number of hydrogen-bond acceptors (Lipinski definition) is 5. The van der Waals surface area contributed by atoms with Crippen molar-refractivity contribution in [3.05, 3.63) is 88.9 Å². The van der Waals surface area contributed by atoms with Gasteiger partial charge in [-0.1, -0.05) is 24.3 Å². The van der Waals surface area contributed by atoms with Crippen LogP contribution in [0.5, 0.6) is 5.75 Å². The Morgan fingerprint density at radius 3 is 2.60 bits per heavy atom. The maximum atomic E-state index is 12.4. The molecular weight excluding hydrogens is 378 g/mol. The molecule has 0 fully saturated rings. The number of carbonyl (C=O) groups excluding carboxylic acids is 1. The van der Waals surface area contributed by atoms with Gasteiger partial charge >= 0.3 is 0 Å². The Morgan fingerprint density at radius 2 is 1.97 bits per heavy atom. The molecule has 0 atom stereocenters. The average Bonchev–Trinajstić information content (AvgIpc) is 3.45. The second kappa shape index (κ2) is 8.58. The van der Waals surface area contributed by atoms with E-state index in [1.54, 1.807) is 25.3 Å². The normalized spacial score (nSPS) is 12.9. The van der Waals surface area contributed by atoms with E-state index in [-0.39, 0.29) is 12.1 Å². The highest BCUT2D eigenvalue weighted by atomic mass is 16.5. The zero-order valence-electron chi connectivity index (χ0n) is 16.6. The third kappa shape index (κ3) is 4.06. The topological polar surface area (TPSA) is 78.5 Å². The monoisotopic (exact) mass is 399 g/mol. The van der Waals surface area contributed by atoms with Gasteiger partial charge in [0, 0.05) is 30.4 Å². The van der Waals surface area contributed by atoms with Crippen LogP contribution in [0.1, 0.15) is 22.5 Å². The van der Waals surface area contributed by atoms with Crippen LogP contribution in [0.4, 0.5) is 5.69 Å². The molecule has 30 heavy (non-hydrogen) atoms. The lowest BCUT2D eigenvalue weighted by atomic mass is 10.1. The van der Waals surface area contributed by atoms with Crippen molar-refractivity contribution < 1.29 is 13.9 Å². The van der Waals surface area contributed by atoms with Gasteiger partial charge in [-0.25, -0.2) is 0 Å². The smallest absolute Gasteiger partial charge is 0.262 e. The third-order valence-electron chi connectivity index (χ3n) is 5.09. The van der Waals surface area contributed by atoms with Gasteiger partial charge in [-0.3, -0.25) is 4.79 Å².